The van der Waals surface area contributed by atoms with Crippen molar-refractivity contribution in [1.82, 2.24) is 4.90 Å². The van der Waals surface area contributed by atoms with E-state index in [9.17, 15) is 20.1 Å². The van der Waals surface area contributed by atoms with Crippen LogP contribution in [-0.4, -0.2) is 95.8 Å². The maximum Gasteiger partial charge on any atom is 0.409 e. The number of hydrogen-bond donors (Lipinski definition) is 3. The molecule has 41 heavy (non-hydrogen) atoms. The van der Waals surface area contributed by atoms with E-state index in [1.165, 1.54) is 0 Å². The molecule has 1 aromatic heterocycles. The second-order valence-corrected chi connectivity index (χ2v) is 13.2. The first kappa shape index (κ1) is 31.9. The molecule has 0 spiro atoms. The van der Waals surface area contributed by atoms with Crippen LogP contribution in [0.5, 0.6) is 5.75 Å². The fourth-order valence-corrected chi connectivity index (χ4v) is 6.82. The van der Waals surface area contributed by atoms with Gasteiger partial charge in [-0.3, -0.25) is 0 Å². The van der Waals surface area contributed by atoms with Gasteiger partial charge >= 0.3 is 6.09 Å². The number of fused-ring (bicyclic) bond motifs is 1. The van der Waals surface area contributed by atoms with Gasteiger partial charge in [0.1, 0.15) is 30.7 Å². The first-order chi connectivity index (χ1) is 20.0. The molecular weight excluding hydrogens is 587 g/mol. The summed E-state index contributed by atoms with van der Waals surface area (Å²) in [4.78, 5) is 15.2. The molecule has 1 aliphatic heterocycles. The largest absolute Gasteiger partial charge is 0.484 e. The minimum atomic E-state index is -1.11. The Labute approximate surface area is 252 Å². The molecule has 1 aliphatic rings. The number of aliphatic hydroxyl groups excluding tert-OH is 3. The van der Waals surface area contributed by atoms with Crippen LogP contribution in [0.3, 0.4) is 0 Å². The molecule has 1 amide bonds. The quantitative estimate of drug-likeness (QED) is 0.162. The highest BCUT2D eigenvalue weighted by atomic mass is 33.1. The number of ether oxygens (including phenoxy) is 4. The Morgan fingerprint density at radius 3 is 2.66 bits per heavy atom. The van der Waals surface area contributed by atoms with E-state index < -0.39 is 24.6 Å². The third kappa shape index (κ3) is 9.48. The maximum atomic E-state index is 12.5. The SMILES string of the molecule is CN(CC[C@H](Oc1cccc2ccccc12)c1cccs1)C(=O)OCCSSCCO[C@H]1C[C@@H](O)[C@H](O)[C@@H](CO)O1. The molecule has 3 N–H and O–H groups in total. The van der Waals surface area contributed by atoms with E-state index in [1.54, 1.807) is 44.9 Å². The fraction of sp³-hybridized carbons (Fsp3) is 0.483. The van der Waals surface area contributed by atoms with Crippen LogP contribution < -0.4 is 4.74 Å². The van der Waals surface area contributed by atoms with Gasteiger partial charge in [0.15, 0.2) is 6.29 Å². The number of nitrogens with zero attached hydrogens (tertiary/aromatic N) is 1. The molecule has 12 heteroatoms. The summed E-state index contributed by atoms with van der Waals surface area (Å²) in [5.41, 5.74) is 0. The predicted molar refractivity (Wildman–Crippen MR) is 163 cm³/mol. The predicted octanol–water partition coefficient (Wildman–Crippen LogP) is 4.71. The van der Waals surface area contributed by atoms with Crippen molar-refractivity contribution in [2.75, 3.05) is 44.9 Å². The topological polar surface area (TPSA) is 118 Å². The summed E-state index contributed by atoms with van der Waals surface area (Å²) in [6.45, 7) is 0.775. The molecule has 5 atom stereocenters. The highest BCUT2D eigenvalue weighted by molar-refractivity contribution is 8.76. The van der Waals surface area contributed by atoms with Crippen molar-refractivity contribution >= 4 is 49.8 Å². The second-order valence-electron chi connectivity index (χ2n) is 9.52. The van der Waals surface area contributed by atoms with E-state index in [-0.39, 0.29) is 31.8 Å². The van der Waals surface area contributed by atoms with Gasteiger partial charge in [0.05, 0.1) is 19.3 Å². The molecule has 3 aromatic rings. The molecule has 9 nitrogen and oxygen atoms in total. The van der Waals surface area contributed by atoms with E-state index in [1.807, 2.05) is 35.7 Å². The minimum absolute atomic E-state index is 0.155. The highest BCUT2D eigenvalue weighted by Gasteiger charge is 2.36. The lowest BCUT2D eigenvalue weighted by Crippen LogP contribution is -2.50. The Kier molecular flexibility index (Phi) is 12.9. The Morgan fingerprint density at radius 1 is 1.10 bits per heavy atom. The number of hydrogen-bond acceptors (Lipinski definition) is 11. The summed E-state index contributed by atoms with van der Waals surface area (Å²) < 4.78 is 23.0. The van der Waals surface area contributed by atoms with Gasteiger partial charge in [-0.05, 0) is 22.9 Å². The van der Waals surface area contributed by atoms with Gasteiger partial charge in [-0.2, -0.15) is 0 Å². The average Bonchev–Trinajstić information content (AvgIpc) is 3.53. The van der Waals surface area contributed by atoms with E-state index >= 15 is 0 Å². The normalized spacial score (nSPS) is 21.5. The third-order valence-corrected chi connectivity index (χ3v) is 9.88. The van der Waals surface area contributed by atoms with Crippen molar-refractivity contribution in [2.24, 2.45) is 0 Å². The summed E-state index contributed by atoms with van der Waals surface area (Å²) in [7, 11) is 4.88. The minimum Gasteiger partial charge on any atom is -0.484 e. The zero-order valence-electron chi connectivity index (χ0n) is 22.9. The summed E-state index contributed by atoms with van der Waals surface area (Å²) in [5.74, 6) is 2.12. The molecule has 2 heterocycles. The second kappa shape index (κ2) is 16.6. The van der Waals surface area contributed by atoms with Gasteiger partial charge < -0.3 is 39.2 Å². The van der Waals surface area contributed by atoms with Crippen molar-refractivity contribution in [3.8, 4) is 5.75 Å². The maximum absolute atomic E-state index is 12.5. The van der Waals surface area contributed by atoms with E-state index in [4.69, 9.17) is 18.9 Å². The summed E-state index contributed by atoms with van der Waals surface area (Å²) >= 11 is 1.64. The van der Waals surface area contributed by atoms with Gasteiger partial charge in [-0.1, -0.05) is 64.1 Å². The fourth-order valence-electron chi connectivity index (χ4n) is 4.37. The zero-order chi connectivity index (χ0) is 29.0. The molecule has 1 saturated heterocycles. The molecule has 0 bridgehead atoms. The van der Waals surface area contributed by atoms with Crippen LogP contribution in [0.1, 0.15) is 23.8 Å². The van der Waals surface area contributed by atoms with Crippen LogP contribution in [0.2, 0.25) is 0 Å². The molecule has 0 aliphatic carbocycles. The number of benzene rings is 2. The van der Waals surface area contributed by atoms with Crippen LogP contribution in [-0.2, 0) is 14.2 Å². The Balaban J connectivity index is 1.12. The Hall–Kier alpha value is -2.03. The molecule has 0 unspecified atom stereocenters. The van der Waals surface area contributed by atoms with Crippen molar-refractivity contribution in [3.05, 3.63) is 64.9 Å². The van der Waals surface area contributed by atoms with E-state index in [0.29, 0.717) is 31.1 Å². The van der Waals surface area contributed by atoms with Crippen molar-refractivity contribution in [3.63, 3.8) is 0 Å². The first-order valence-electron chi connectivity index (χ1n) is 13.5. The lowest BCUT2D eigenvalue weighted by Gasteiger charge is -2.35. The number of carbonyl (C=O) groups excluding carboxylic acids is 1. The number of amides is 1. The molecular formula is C29H37NO8S3. The molecule has 0 radical (unpaired) electrons. The van der Waals surface area contributed by atoms with Gasteiger partial charge in [0.25, 0.3) is 0 Å². The number of aliphatic hydroxyl groups is 3. The molecule has 0 saturated carbocycles. The molecule has 224 valence electrons. The van der Waals surface area contributed by atoms with Crippen LogP contribution in [0.4, 0.5) is 4.79 Å². The van der Waals surface area contributed by atoms with Crippen LogP contribution in [0.25, 0.3) is 10.8 Å². The zero-order valence-corrected chi connectivity index (χ0v) is 25.3. The number of carbonyl (C=O) groups is 1. The van der Waals surface area contributed by atoms with Gasteiger partial charge in [-0.25, -0.2) is 4.79 Å². The lowest BCUT2D eigenvalue weighted by molar-refractivity contribution is -0.255. The van der Waals surface area contributed by atoms with Crippen molar-refractivity contribution < 1.29 is 39.1 Å². The third-order valence-electron chi connectivity index (χ3n) is 6.58. The number of rotatable bonds is 15. The van der Waals surface area contributed by atoms with Crippen molar-refractivity contribution in [1.29, 1.82) is 0 Å². The molecule has 4 rings (SSSR count). The highest BCUT2D eigenvalue weighted by Crippen LogP contribution is 2.33. The first-order valence-corrected chi connectivity index (χ1v) is 16.9. The average molecular weight is 624 g/mol. The Bertz CT molecular complexity index is 1190. The van der Waals surface area contributed by atoms with Crippen LogP contribution in [0, 0.1) is 0 Å². The van der Waals surface area contributed by atoms with Gasteiger partial charge in [-0.15, -0.1) is 11.3 Å². The van der Waals surface area contributed by atoms with Gasteiger partial charge in [0, 0.05) is 48.2 Å². The Morgan fingerprint density at radius 2 is 1.88 bits per heavy atom. The van der Waals surface area contributed by atoms with Crippen molar-refractivity contribution in [2.45, 2.75) is 43.5 Å². The smallest absolute Gasteiger partial charge is 0.409 e. The van der Waals surface area contributed by atoms with Crippen LogP contribution >= 0.6 is 32.9 Å². The van der Waals surface area contributed by atoms with Gasteiger partial charge in [0.2, 0.25) is 0 Å². The number of thiophene rings is 1. The molecule has 2 aromatic carbocycles. The summed E-state index contributed by atoms with van der Waals surface area (Å²) in [5, 5.41) is 33.1. The summed E-state index contributed by atoms with van der Waals surface area (Å²) in [6.07, 6.45) is -3.39. The van der Waals surface area contributed by atoms with E-state index in [2.05, 4.69) is 24.3 Å². The summed E-state index contributed by atoms with van der Waals surface area (Å²) in [6, 6.07) is 18.2. The van der Waals surface area contributed by atoms with E-state index in [0.717, 1.165) is 21.4 Å². The lowest BCUT2D eigenvalue weighted by atomic mass is 10.0. The standard InChI is InChI=1S/C29H37NO8S3/c1-30(29(34)36-14-17-41-40-16-13-35-27-18-22(32)28(33)25(19-31)38-27)12-11-24(26-10-5-15-39-26)37-23-9-4-7-20-6-2-3-8-21(20)23/h2-10,15,22,24-25,27-28,31-33H,11-14,16-19H2,1H3/t22-,24+,25-,27-,28+/m1/s1. The van der Waals surface area contributed by atoms with Crippen LogP contribution in [0.15, 0.2) is 60.0 Å². The molecule has 1 fully saturated rings. The monoisotopic (exact) mass is 623 g/mol.